The van der Waals surface area contributed by atoms with Crippen molar-refractivity contribution in [3.8, 4) is 5.75 Å². The maximum absolute atomic E-state index is 10.1. The van der Waals surface area contributed by atoms with Crippen molar-refractivity contribution in [1.82, 2.24) is 0 Å². The Morgan fingerprint density at radius 3 is 2.47 bits per heavy atom. The summed E-state index contributed by atoms with van der Waals surface area (Å²) < 4.78 is 5.23. The topological polar surface area (TPSA) is 49.4 Å². The van der Waals surface area contributed by atoms with Crippen molar-refractivity contribution in [2.24, 2.45) is 0 Å². The summed E-state index contributed by atoms with van der Waals surface area (Å²) in [5, 5.41) is 10.1. The van der Waals surface area contributed by atoms with E-state index >= 15 is 0 Å². The fourth-order valence-corrected chi connectivity index (χ4v) is 1.01. The van der Waals surface area contributed by atoms with Crippen LogP contribution in [0.4, 0.5) is 0 Å². The van der Waals surface area contributed by atoms with Crippen molar-refractivity contribution in [2.45, 2.75) is 6.92 Å². The van der Waals surface area contributed by atoms with Crippen LogP contribution in [-0.4, -0.2) is 12.6 Å². The predicted molar refractivity (Wildman–Crippen MR) is 51.7 cm³/mol. The summed E-state index contributed by atoms with van der Waals surface area (Å²) in [6.07, 6.45) is 2.47. The molecule has 0 radical (unpaired) electrons. The molecular formula is C11H11NaO3. The van der Waals surface area contributed by atoms with Gasteiger partial charge >= 0.3 is 29.6 Å². The average Bonchev–Trinajstić information content (AvgIpc) is 2.17. The van der Waals surface area contributed by atoms with Gasteiger partial charge in [-0.3, -0.25) is 0 Å². The Morgan fingerprint density at radius 2 is 2.00 bits per heavy atom. The molecule has 0 aliphatic heterocycles. The zero-order valence-electron chi connectivity index (χ0n) is 8.90. The fourth-order valence-electron chi connectivity index (χ4n) is 1.01. The molecule has 0 bridgehead atoms. The van der Waals surface area contributed by atoms with Gasteiger partial charge in [-0.1, -0.05) is 18.2 Å². The number of ether oxygens (including phenoxy) is 1. The largest absolute Gasteiger partial charge is 1.00 e. The smallest absolute Gasteiger partial charge is 0.545 e. The van der Waals surface area contributed by atoms with Crippen LogP contribution in [0.25, 0.3) is 6.08 Å². The molecule has 1 rings (SSSR count). The summed E-state index contributed by atoms with van der Waals surface area (Å²) in [5.41, 5.74) is 0.803. The minimum Gasteiger partial charge on any atom is -0.545 e. The Kier molecular flexibility index (Phi) is 7.13. The van der Waals surface area contributed by atoms with Gasteiger partial charge < -0.3 is 14.6 Å². The van der Waals surface area contributed by atoms with E-state index in [1.165, 1.54) is 6.08 Å². The summed E-state index contributed by atoms with van der Waals surface area (Å²) in [7, 11) is 0. The Bertz CT molecular complexity index is 330. The van der Waals surface area contributed by atoms with Gasteiger partial charge in [-0.05, 0) is 30.7 Å². The summed E-state index contributed by atoms with van der Waals surface area (Å²) >= 11 is 0. The van der Waals surface area contributed by atoms with E-state index in [1.54, 1.807) is 24.3 Å². The molecule has 74 valence electrons. The molecule has 0 aliphatic rings. The molecule has 4 heteroatoms. The molecule has 1 aromatic rings. The van der Waals surface area contributed by atoms with E-state index in [-0.39, 0.29) is 29.6 Å². The third-order valence-electron chi connectivity index (χ3n) is 1.60. The van der Waals surface area contributed by atoms with Crippen molar-refractivity contribution in [1.29, 1.82) is 0 Å². The van der Waals surface area contributed by atoms with E-state index in [0.717, 1.165) is 17.4 Å². The van der Waals surface area contributed by atoms with E-state index in [0.29, 0.717) is 6.61 Å². The van der Waals surface area contributed by atoms with Gasteiger partial charge in [0, 0.05) is 0 Å². The van der Waals surface area contributed by atoms with Gasteiger partial charge in [0.2, 0.25) is 0 Å². The van der Waals surface area contributed by atoms with Crippen LogP contribution in [0.2, 0.25) is 0 Å². The van der Waals surface area contributed by atoms with E-state index in [2.05, 4.69) is 0 Å². The first kappa shape index (κ1) is 14.2. The van der Waals surface area contributed by atoms with Gasteiger partial charge in [0.1, 0.15) is 5.75 Å². The van der Waals surface area contributed by atoms with Crippen LogP contribution in [0.5, 0.6) is 5.75 Å². The number of rotatable bonds is 4. The molecule has 0 atom stereocenters. The molecule has 0 spiro atoms. The average molecular weight is 214 g/mol. The van der Waals surface area contributed by atoms with Crippen molar-refractivity contribution >= 4 is 12.0 Å². The van der Waals surface area contributed by atoms with Gasteiger partial charge in [-0.25, -0.2) is 0 Å². The molecule has 3 nitrogen and oxygen atoms in total. The number of hydrogen-bond acceptors (Lipinski definition) is 3. The Morgan fingerprint density at radius 1 is 1.40 bits per heavy atom. The molecule has 0 aliphatic carbocycles. The molecule has 1 aromatic carbocycles. The van der Waals surface area contributed by atoms with Gasteiger partial charge in [-0.2, -0.15) is 0 Å². The standard InChI is InChI=1S/C11H12O3.Na/c1-2-14-10-6-3-9(4-7-10)5-8-11(12)13;/h3-8H,2H2,1H3,(H,12,13);/q;+1/p-1/b8-5+;. The fraction of sp³-hybridized carbons (Fsp3) is 0.182. The van der Waals surface area contributed by atoms with Gasteiger partial charge in [0.05, 0.1) is 12.6 Å². The Hall–Kier alpha value is -0.770. The summed E-state index contributed by atoms with van der Waals surface area (Å²) in [5.74, 6) is -0.419. The Balaban J connectivity index is 0.00000196. The number of aliphatic carboxylic acids is 1. The zero-order chi connectivity index (χ0) is 10.4. The molecule has 15 heavy (non-hydrogen) atoms. The van der Waals surface area contributed by atoms with E-state index < -0.39 is 5.97 Å². The van der Waals surface area contributed by atoms with E-state index in [4.69, 9.17) is 4.74 Å². The van der Waals surface area contributed by atoms with Crippen molar-refractivity contribution < 1.29 is 44.2 Å². The molecule has 0 saturated carbocycles. The van der Waals surface area contributed by atoms with Crippen molar-refractivity contribution in [3.63, 3.8) is 0 Å². The second-order valence-electron chi connectivity index (χ2n) is 2.65. The summed E-state index contributed by atoms with van der Waals surface area (Å²) in [6, 6.07) is 7.14. The normalized spacial score (nSPS) is 9.67. The maximum atomic E-state index is 10.1. The number of carboxylic acids is 1. The third-order valence-corrected chi connectivity index (χ3v) is 1.60. The third kappa shape index (κ3) is 5.62. The monoisotopic (exact) mass is 214 g/mol. The Labute approximate surface area is 111 Å². The van der Waals surface area contributed by atoms with E-state index in [9.17, 15) is 9.90 Å². The van der Waals surface area contributed by atoms with Crippen LogP contribution in [0.3, 0.4) is 0 Å². The molecule has 0 heterocycles. The van der Waals surface area contributed by atoms with Crippen molar-refractivity contribution in [2.75, 3.05) is 6.61 Å². The van der Waals surface area contributed by atoms with Crippen molar-refractivity contribution in [3.05, 3.63) is 35.9 Å². The van der Waals surface area contributed by atoms with E-state index in [1.807, 2.05) is 6.92 Å². The zero-order valence-corrected chi connectivity index (χ0v) is 10.9. The molecule has 0 aromatic heterocycles. The first-order valence-corrected chi connectivity index (χ1v) is 4.34. The molecule has 0 saturated heterocycles. The molecule has 0 unspecified atom stereocenters. The number of carboxylic acid groups (broad SMARTS) is 1. The minimum absolute atomic E-state index is 0. The number of benzene rings is 1. The van der Waals surface area contributed by atoms with Gasteiger partial charge in [0.15, 0.2) is 0 Å². The number of hydrogen-bond donors (Lipinski definition) is 0. The molecular weight excluding hydrogens is 203 g/mol. The minimum atomic E-state index is -1.20. The van der Waals surface area contributed by atoms with Crippen LogP contribution < -0.4 is 39.4 Å². The first-order valence-electron chi connectivity index (χ1n) is 4.34. The predicted octanol–water partition coefficient (Wildman–Crippen LogP) is -2.15. The quantitative estimate of drug-likeness (QED) is 0.424. The first-order chi connectivity index (χ1) is 6.72. The second-order valence-corrected chi connectivity index (χ2v) is 2.65. The maximum Gasteiger partial charge on any atom is 1.00 e. The molecule has 0 N–H and O–H groups in total. The second kappa shape index (κ2) is 7.51. The van der Waals surface area contributed by atoms with Crippen LogP contribution in [-0.2, 0) is 4.79 Å². The number of carbonyl (C=O) groups excluding carboxylic acids is 1. The van der Waals surface area contributed by atoms with Crippen LogP contribution in [0.1, 0.15) is 12.5 Å². The molecule has 0 amide bonds. The van der Waals surface area contributed by atoms with Crippen LogP contribution in [0, 0.1) is 0 Å². The van der Waals surface area contributed by atoms with Crippen LogP contribution >= 0.6 is 0 Å². The number of carbonyl (C=O) groups is 1. The SMILES string of the molecule is CCOc1ccc(/C=C/C(=O)[O-])cc1.[Na+]. The summed E-state index contributed by atoms with van der Waals surface area (Å²) in [6.45, 7) is 2.53. The van der Waals surface area contributed by atoms with Gasteiger partial charge in [0.25, 0.3) is 0 Å². The van der Waals surface area contributed by atoms with Gasteiger partial charge in [-0.15, -0.1) is 0 Å². The molecule has 0 fully saturated rings. The summed E-state index contributed by atoms with van der Waals surface area (Å²) in [4.78, 5) is 10.1. The van der Waals surface area contributed by atoms with Crippen LogP contribution in [0.15, 0.2) is 30.3 Å².